The minimum Gasteiger partial charge on any atom is -0.481 e. The zero-order chi connectivity index (χ0) is 13.3. The van der Waals surface area contributed by atoms with Crippen molar-refractivity contribution in [2.75, 3.05) is 0 Å². The molecule has 0 aromatic carbocycles. The van der Waals surface area contributed by atoms with Crippen molar-refractivity contribution < 1.29 is 14.7 Å². The lowest BCUT2D eigenvalue weighted by Crippen LogP contribution is -2.50. The zero-order valence-electron chi connectivity index (χ0n) is 11.2. The second-order valence-electron chi connectivity index (χ2n) is 6.14. The van der Waals surface area contributed by atoms with E-state index in [0.717, 1.165) is 31.6 Å². The summed E-state index contributed by atoms with van der Waals surface area (Å²) in [6.07, 6.45) is 4.70. The number of carboxylic acid groups (broad SMARTS) is 1. The lowest BCUT2D eigenvalue weighted by atomic mass is 9.72. The Labute approximate surface area is 108 Å². The second kappa shape index (κ2) is 5.29. The molecule has 5 atom stereocenters. The van der Waals surface area contributed by atoms with Crippen molar-refractivity contribution in [3.05, 3.63) is 0 Å². The Balaban J connectivity index is 1.86. The summed E-state index contributed by atoms with van der Waals surface area (Å²) in [7, 11) is 0. The van der Waals surface area contributed by atoms with Gasteiger partial charge >= 0.3 is 5.97 Å². The first-order valence-electron chi connectivity index (χ1n) is 7.02. The molecule has 2 aliphatic rings. The zero-order valence-corrected chi connectivity index (χ0v) is 11.2. The van der Waals surface area contributed by atoms with Crippen LogP contribution in [0.2, 0.25) is 0 Å². The van der Waals surface area contributed by atoms with Crippen molar-refractivity contribution in [2.45, 2.75) is 52.0 Å². The highest BCUT2D eigenvalue weighted by atomic mass is 16.4. The monoisotopic (exact) mass is 253 g/mol. The van der Waals surface area contributed by atoms with E-state index < -0.39 is 11.9 Å². The number of hydrogen-bond acceptors (Lipinski definition) is 2. The van der Waals surface area contributed by atoms with Crippen molar-refractivity contribution in [1.82, 2.24) is 5.32 Å². The molecule has 18 heavy (non-hydrogen) atoms. The van der Waals surface area contributed by atoms with Gasteiger partial charge in [-0.05, 0) is 43.9 Å². The van der Waals surface area contributed by atoms with Gasteiger partial charge in [-0.25, -0.2) is 0 Å². The van der Waals surface area contributed by atoms with Crippen LogP contribution in [0.25, 0.3) is 0 Å². The first-order valence-corrected chi connectivity index (χ1v) is 7.02. The van der Waals surface area contributed by atoms with E-state index in [2.05, 4.69) is 19.2 Å². The first kappa shape index (κ1) is 13.4. The van der Waals surface area contributed by atoms with Gasteiger partial charge < -0.3 is 10.4 Å². The fourth-order valence-electron chi connectivity index (χ4n) is 3.28. The topological polar surface area (TPSA) is 66.4 Å². The third-order valence-corrected chi connectivity index (χ3v) is 4.69. The van der Waals surface area contributed by atoms with E-state index in [4.69, 9.17) is 5.11 Å². The molecular weight excluding hydrogens is 230 g/mol. The Kier molecular flexibility index (Phi) is 3.93. The largest absolute Gasteiger partial charge is 0.481 e. The van der Waals surface area contributed by atoms with Gasteiger partial charge in [0.1, 0.15) is 0 Å². The highest BCUT2D eigenvalue weighted by molar-refractivity contribution is 5.86. The quantitative estimate of drug-likeness (QED) is 0.809. The Morgan fingerprint density at radius 3 is 2.22 bits per heavy atom. The molecule has 0 aromatic rings. The van der Waals surface area contributed by atoms with E-state index in [9.17, 15) is 9.59 Å². The van der Waals surface area contributed by atoms with E-state index in [0.29, 0.717) is 12.3 Å². The minimum atomic E-state index is -0.827. The fourth-order valence-corrected chi connectivity index (χ4v) is 3.28. The molecule has 0 spiro atoms. The maximum absolute atomic E-state index is 12.1. The Bertz CT molecular complexity index is 342. The average molecular weight is 253 g/mol. The maximum Gasteiger partial charge on any atom is 0.307 e. The number of nitrogens with one attached hydrogen (secondary N) is 1. The molecule has 5 unspecified atom stereocenters. The van der Waals surface area contributed by atoms with Crippen LogP contribution in [0.15, 0.2) is 0 Å². The molecule has 2 fully saturated rings. The summed E-state index contributed by atoms with van der Waals surface area (Å²) in [6, 6.07) is 0.240. The van der Waals surface area contributed by atoms with E-state index in [-0.39, 0.29) is 17.9 Å². The average Bonchev–Trinajstić information content (AvgIpc) is 2.19. The summed E-state index contributed by atoms with van der Waals surface area (Å²) in [6.45, 7) is 4.43. The molecule has 0 radical (unpaired) electrons. The molecule has 0 aliphatic heterocycles. The first-order chi connectivity index (χ1) is 8.49. The van der Waals surface area contributed by atoms with Crippen LogP contribution in [-0.2, 0) is 9.59 Å². The fraction of sp³-hybridized carbons (Fsp3) is 0.857. The smallest absolute Gasteiger partial charge is 0.307 e. The summed E-state index contributed by atoms with van der Waals surface area (Å²) in [4.78, 5) is 23.0. The highest BCUT2D eigenvalue weighted by Crippen LogP contribution is 2.35. The highest BCUT2D eigenvalue weighted by Gasteiger charge is 2.42. The number of carboxylic acids is 1. The summed E-state index contributed by atoms with van der Waals surface area (Å²) < 4.78 is 0. The molecule has 0 aromatic heterocycles. The van der Waals surface area contributed by atoms with Gasteiger partial charge in [-0.3, -0.25) is 9.59 Å². The maximum atomic E-state index is 12.1. The van der Waals surface area contributed by atoms with Crippen LogP contribution in [-0.4, -0.2) is 23.0 Å². The number of carbonyl (C=O) groups is 2. The van der Waals surface area contributed by atoms with Crippen molar-refractivity contribution in [2.24, 2.45) is 23.7 Å². The van der Waals surface area contributed by atoms with E-state index in [1.807, 2.05) is 0 Å². The summed E-state index contributed by atoms with van der Waals surface area (Å²) >= 11 is 0. The molecule has 0 bridgehead atoms. The van der Waals surface area contributed by atoms with Gasteiger partial charge in [0, 0.05) is 6.04 Å². The van der Waals surface area contributed by atoms with Gasteiger partial charge in [-0.2, -0.15) is 0 Å². The molecule has 102 valence electrons. The van der Waals surface area contributed by atoms with Crippen molar-refractivity contribution in [3.63, 3.8) is 0 Å². The Morgan fingerprint density at radius 2 is 1.72 bits per heavy atom. The summed E-state index contributed by atoms with van der Waals surface area (Å²) in [5.41, 5.74) is 0. The molecular formula is C14H23NO3. The number of carbonyl (C=O) groups excluding carboxylic acids is 1. The second-order valence-corrected chi connectivity index (χ2v) is 6.14. The van der Waals surface area contributed by atoms with Crippen LogP contribution in [0.3, 0.4) is 0 Å². The van der Waals surface area contributed by atoms with E-state index >= 15 is 0 Å². The number of rotatable bonds is 3. The molecule has 2 rings (SSSR count). The predicted octanol–water partition coefficient (Wildman–Crippen LogP) is 2.04. The summed E-state index contributed by atoms with van der Waals surface area (Å²) in [5, 5.41) is 12.0. The van der Waals surface area contributed by atoms with E-state index in [1.165, 1.54) is 0 Å². The predicted molar refractivity (Wildman–Crippen MR) is 68.0 cm³/mol. The van der Waals surface area contributed by atoms with Crippen LogP contribution in [0.1, 0.15) is 46.0 Å². The lowest BCUT2D eigenvalue weighted by molar-refractivity contribution is -0.153. The van der Waals surface area contributed by atoms with Gasteiger partial charge in [-0.15, -0.1) is 0 Å². The number of aliphatic carboxylic acids is 1. The molecule has 4 nitrogen and oxygen atoms in total. The third-order valence-electron chi connectivity index (χ3n) is 4.69. The molecule has 1 amide bonds. The van der Waals surface area contributed by atoms with Crippen molar-refractivity contribution in [1.29, 1.82) is 0 Å². The van der Waals surface area contributed by atoms with Gasteiger partial charge in [-0.1, -0.05) is 13.8 Å². The molecule has 0 heterocycles. The standard InChI is InChI=1S/C14H23NO3/c1-8-3-6-12(9(2)7-8)15-13(16)10-4-5-11(10)14(17)18/h8-12H,3-7H2,1-2H3,(H,15,16)(H,17,18). The SMILES string of the molecule is CC1CCC(NC(=O)C2CCC2C(=O)O)C(C)C1. The lowest BCUT2D eigenvalue weighted by Gasteiger charge is -2.37. The van der Waals surface area contributed by atoms with Crippen molar-refractivity contribution in [3.8, 4) is 0 Å². The molecule has 0 saturated heterocycles. The van der Waals surface area contributed by atoms with Gasteiger partial charge in [0.05, 0.1) is 11.8 Å². The molecule has 4 heteroatoms. The Morgan fingerprint density at radius 1 is 1.06 bits per heavy atom. The van der Waals surface area contributed by atoms with Crippen LogP contribution < -0.4 is 5.32 Å². The number of hydrogen-bond donors (Lipinski definition) is 2. The van der Waals surface area contributed by atoms with Crippen LogP contribution in [0.5, 0.6) is 0 Å². The molecule has 2 aliphatic carbocycles. The minimum absolute atomic E-state index is 0.0416. The van der Waals surface area contributed by atoms with Gasteiger partial charge in [0.15, 0.2) is 0 Å². The molecule has 2 saturated carbocycles. The third kappa shape index (κ3) is 2.68. The van der Waals surface area contributed by atoms with Crippen LogP contribution >= 0.6 is 0 Å². The number of amides is 1. The van der Waals surface area contributed by atoms with Gasteiger partial charge in [0.2, 0.25) is 5.91 Å². The van der Waals surface area contributed by atoms with Gasteiger partial charge in [0.25, 0.3) is 0 Å². The van der Waals surface area contributed by atoms with E-state index in [1.54, 1.807) is 0 Å². The van der Waals surface area contributed by atoms with Crippen molar-refractivity contribution >= 4 is 11.9 Å². The summed E-state index contributed by atoms with van der Waals surface area (Å²) in [5.74, 6) is -0.381. The van der Waals surface area contributed by atoms with Crippen LogP contribution in [0, 0.1) is 23.7 Å². The molecule has 2 N–H and O–H groups in total. The van der Waals surface area contributed by atoms with Crippen LogP contribution in [0.4, 0.5) is 0 Å². The Hall–Kier alpha value is -1.06. The normalized spacial score (nSPS) is 39.8.